The molecule has 0 radical (unpaired) electrons. The number of hydrogen-bond donors (Lipinski definition) is 2. The van der Waals surface area contributed by atoms with Crippen LogP contribution in [0.4, 0.5) is 0 Å². The largest absolute Gasteiger partial charge is 0.374 e. The summed E-state index contributed by atoms with van der Waals surface area (Å²) in [6, 6.07) is 6.18. The van der Waals surface area contributed by atoms with Crippen LogP contribution in [0.25, 0.3) is 0 Å². The Balaban J connectivity index is 1.95. The summed E-state index contributed by atoms with van der Waals surface area (Å²) < 4.78 is 0. The first-order valence-corrected chi connectivity index (χ1v) is 9.29. The molecule has 1 unspecified atom stereocenters. The van der Waals surface area contributed by atoms with Crippen molar-refractivity contribution >= 4 is 17.3 Å². The van der Waals surface area contributed by atoms with E-state index < -0.39 is 0 Å². The van der Waals surface area contributed by atoms with E-state index in [0.717, 1.165) is 47.9 Å². The normalized spacial score (nSPS) is 26.3. The van der Waals surface area contributed by atoms with Crippen molar-refractivity contribution in [3.63, 3.8) is 0 Å². The fourth-order valence-electron chi connectivity index (χ4n) is 3.71. The van der Waals surface area contributed by atoms with Crippen molar-refractivity contribution in [2.24, 2.45) is 4.99 Å². The number of allylic oxidation sites excluding steroid dienone is 5. The zero-order chi connectivity index (χ0) is 17.9. The van der Waals surface area contributed by atoms with Crippen molar-refractivity contribution in [2.75, 3.05) is 20.1 Å². The van der Waals surface area contributed by atoms with E-state index in [-0.39, 0.29) is 5.54 Å². The molecule has 1 aromatic rings. The molecule has 0 bridgehead atoms. The van der Waals surface area contributed by atoms with Crippen LogP contribution in [-0.2, 0) is 5.54 Å². The van der Waals surface area contributed by atoms with Gasteiger partial charge in [0.1, 0.15) is 0 Å². The van der Waals surface area contributed by atoms with Gasteiger partial charge in [-0.25, -0.2) is 0 Å². The smallest absolute Gasteiger partial charge is 0.0764 e. The molecule has 1 aromatic carbocycles. The van der Waals surface area contributed by atoms with Crippen LogP contribution in [0.3, 0.4) is 0 Å². The molecule has 1 heterocycles. The minimum Gasteiger partial charge on any atom is -0.374 e. The second-order valence-corrected chi connectivity index (χ2v) is 7.06. The van der Waals surface area contributed by atoms with Gasteiger partial charge in [0.25, 0.3) is 0 Å². The summed E-state index contributed by atoms with van der Waals surface area (Å²) >= 11 is 6.39. The average molecular weight is 356 g/mol. The van der Waals surface area contributed by atoms with E-state index >= 15 is 0 Å². The van der Waals surface area contributed by atoms with E-state index in [2.05, 4.69) is 59.8 Å². The Morgan fingerprint density at radius 2 is 2.20 bits per heavy atom. The monoisotopic (exact) mass is 355 g/mol. The third-order valence-corrected chi connectivity index (χ3v) is 5.43. The van der Waals surface area contributed by atoms with Crippen LogP contribution in [0.5, 0.6) is 0 Å². The van der Waals surface area contributed by atoms with E-state index in [1.165, 1.54) is 11.1 Å². The van der Waals surface area contributed by atoms with Gasteiger partial charge in [0.2, 0.25) is 0 Å². The molecule has 3 rings (SSSR count). The van der Waals surface area contributed by atoms with E-state index in [1.807, 2.05) is 19.2 Å². The fourth-order valence-corrected chi connectivity index (χ4v) is 3.88. The molecule has 4 heteroatoms. The summed E-state index contributed by atoms with van der Waals surface area (Å²) in [7, 11) is 1.85. The SMILES string of the molecule is CC/C=C1/C=CC(NC2(c3cccc(Cl)c3C)CCNC2)=CC1=NC. The second-order valence-electron chi connectivity index (χ2n) is 6.66. The number of aliphatic imine (C=N–C) groups is 1. The molecule has 0 saturated carbocycles. The Hall–Kier alpha value is -1.84. The van der Waals surface area contributed by atoms with Crippen LogP contribution in [-0.4, -0.2) is 25.8 Å². The van der Waals surface area contributed by atoms with Crippen LogP contribution in [0, 0.1) is 6.92 Å². The number of nitrogens with one attached hydrogen (secondary N) is 2. The Morgan fingerprint density at radius 3 is 2.88 bits per heavy atom. The first-order chi connectivity index (χ1) is 12.1. The van der Waals surface area contributed by atoms with Gasteiger partial charge in [0.15, 0.2) is 0 Å². The molecule has 0 amide bonds. The zero-order valence-corrected chi connectivity index (χ0v) is 16.0. The quantitative estimate of drug-likeness (QED) is 0.845. The van der Waals surface area contributed by atoms with E-state index in [4.69, 9.17) is 11.6 Å². The van der Waals surface area contributed by atoms with Gasteiger partial charge in [-0.2, -0.15) is 0 Å². The van der Waals surface area contributed by atoms with Gasteiger partial charge in [0.05, 0.1) is 11.3 Å². The highest BCUT2D eigenvalue weighted by atomic mass is 35.5. The highest BCUT2D eigenvalue weighted by molar-refractivity contribution is 6.31. The maximum atomic E-state index is 6.39. The average Bonchev–Trinajstić information content (AvgIpc) is 3.08. The number of hydrogen-bond acceptors (Lipinski definition) is 3. The van der Waals surface area contributed by atoms with Crippen molar-refractivity contribution in [3.8, 4) is 0 Å². The molecule has 1 fully saturated rings. The highest BCUT2D eigenvalue weighted by Gasteiger charge is 2.37. The molecule has 1 aliphatic carbocycles. The highest BCUT2D eigenvalue weighted by Crippen LogP contribution is 2.34. The first kappa shape index (κ1) is 18.0. The van der Waals surface area contributed by atoms with E-state index in [1.54, 1.807) is 0 Å². The van der Waals surface area contributed by atoms with Crippen molar-refractivity contribution in [1.29, 1.82) is 0 Å². The van der Waals surface area contributed by atoms with Gasteiger partial charge < -0.3 is 10.6 Å². The Morgan fingerprint density at radius 1 is 1.36 bits per heavy atom. The molecule has 1 aliphatic heterocycles. The third kappa shape index (κ3) is 3.58. The van der Waals surface area contributed by atoms with E-state index in [9.17, 15) is 0 Å². The van der Waals surface area contributed by atoms with Crippen LogP contribution in [0.2, 0.25) is 5.02 Å². The van der Waals surface area contributed by atoms with E-state index in [0.29, 0.717) is 0 Å². The van der Waals surface area contributed by atoms with Gasteiger partial charge in [0, 0.05) is 24.3 Å². The molecule has 25 heavy (non-hydrogen) atoms. The lowest BCUT2D eigenvalue weighted by atomic mass is 9.85. The summed E-state index contributed by atoms with van der Waals surface area (Å²) in [6.07, 6.45) is 10.7. The van der Waals surface area contributed by atoms with Crippen LogP contribution < -0.4 is 10.6 Å². The van der Waals surface area contributed by atoms with Crippen LogP contribution in [0.15, 0.2) is 58.8 Å². The number of nitrogens with zero attached hydrogens (tertiary/aromatic N) is 1. The lowest BCUT2D eigenvalue weighted by molar-refractivity contribution is 0.406. The van der Waals surface area contributed by atoms with Gasteiger partial charge in [-0.3, -0.25) is 4.99 Å². The maximum absolute atomic E-state index is 6.39. The lowest BCUT2D eigenvalue weighted by Crippen LogP contribution is -2.44. The summed E-state index contributed by atoms with van der Waals surface area (Å²) in [5.74, 6) is 0. The van der Waals surface area contributed by atoms with Gasteiger partial charge >= 0.3 is 0 Å². The number of rotatable bonds is 4. The minimum absolute atomic E-state index is 0.143. The molecule has 2 aliphatic rings. The summed E-state index contributed by atoms with van der Waals surface area (Å²) in [5.41, 5.74) is 5.58. The predicted octanol–water partition coefficient (Wildman–Crippen LogP) is 4.29. The molecule has 1 saturated heterocycles. The molecule has 3 nitrogen and oxygen atoms in total. The summed E-state index contributed by atoms with van der Waals surface area (Å²) in [5, 5.41) is 8.11. The molecular formula is C21H26ClN3. The van der Waals surface area contributed by atoms with Gasteiger partial charge in [-0.15, -0.1) is 0 Å². The Kier molecular flexibility index (Phi) is 5.45. The molecule has 2 N–H and O–H groups in total. The molecule has 0 aromatic heterocycles. The van der Waals surface area contributed by atoms with Crippen LogP contribution >= 0.6 is 11.6 Å². The topological polar surface area (TPSA) is 36.4 Å². The number of halogens is 1. The maximum Gasteiger partial charge on any atom is 0.0764 e. The lowest BCUT2D eigenvalue weighted by Gasteiger charge is -2.34. The molecule has 132 valence electrons. The first-order valence-electron chi connectivity index (χ1n) is 8.91. The standard InChI is InChI=1S/C21H26ClN3/c1-4-6-16-9-10-17(13-20(16)23-3)25-21(11-12-24-14-21)18-7-5-8-19(22)15(18)2/h5-10,13,24-25H,4,11-12,14H2,1-3H3/b16-6-,23-20?. The number of benzene rings is 1. The summed E-state index contributed by atoms with van der Waals surface area (Å²) in [4.78, 5) is 4.44. The van der Waals surface area contributed by atoms with Crippen molar-refractivity contribution < 1.29 is 0 Å². The van der Waals surface area contributed by atoms with Crippen molar-refractivity contribution in [1.82, 2.24) is 10.6 Å². The Labute approximate surface area is 155 Å². The van der Waals surface area contributed by atoms with Gasteiger partial charge in [-0.1, -0.05) is 42.8 Å². The Bertz CT molecular complexity index is 765. The zero-order valence-electron chi connectivity index (χ0n) is 15.2. The minimum atomic E-state index is -0.143. The second kappa shape index (κ2) is 7.59. The summed E-state index contributed by atoms with van der Waals surface area (Å²) in [6.45, 7) is 6.12. The van der Waals surface area contributed by atoms with Crippen LogP contribution in [0.1, 0.15) is 30.9 Å². The van der Waals surface area contributed by atoms with Crippen molar-refractivity contribution in [3.05, 3.63) is 69.9 Å². The van der Waals surface area contributed by atoms with Gasteiger partial charge in [-0.05, 0) is 61.2 Å². The molecule has 0 spiro atoms. The van der Waals surface area contributed by atoms with Crippen molar-refractivity contribution in [2.45, 2.75) is 32.2 Å². The third-order valence-electron chi connectivity index (χ3n) is 5.02. The molecular weight excluding hydrogens is 330 g/mol. The predicted molar refractivity (Wildman–Crippen MR) is 107 cm³/mol. The molecule has 1 atom stereocenters. The fraction of sp³-hybridized carbons (Fsp3) is 0.381.